The van der Waals surface area contributed by atoms with Crippen LogP contribution in [0.15, 0.2) is 30.6 Å². The van der Waals surface area contributed by atoms with E-state index in [1.807, 2.05) is 18.2 Å². The molecule has 1 aliphatic rings. The smallest absolute Gasteiger partial charge is 0.231 e. The largest absolute Gasteiger partial charge is 0.397 e. The van der Waals surface area contributed by atoms with E-state index in [-0.39, 0.29) is 5.91 Å². The lowest BCUT2D eigenvalue weighted by atomic mass is 10.0. The molecule has 1 amide bonds. The van der Waals surface area contributed by atoms with Gasteiger partial charge in [0.05, 0.1) is 17.1 Å². The fourth-order valence-electron chi connectivity index (χ4n) is 2.33. The molecule has 0 spiro atoms. The highest BCUT2D eigenvalue weighted by molar-refractivity contribution is 6.35. The van der Waals surface area contributed by atoms with Crippen LogP contribution in [0.4, 0.5) is 11.4 Å². The summed E-state index contributed by atoms with van der Waals surface area (Å²) in [6.45, 7) is 0. The van der Waals surface area contributed by atoms with Crippen LogP contribution < -0.4 is 10.6 Å². The highest BCUT2D eigenvalue weighted by atomic mass is 35.5. The van der Waals surface area contributed by atoms with Crippen LogP contribution >= 0.6 is 11.6 Å². The van der Waals surface area contributed by atoms with Gasteiger partial charge in [0.15, 0.2) is 0 Å². The maximum absolute atomic E-state index is 11.7. The van der Waals surface area contributed by atoms with Crippen molar-refractivity contribution in [2.75, 3.05) is 17.7 Å². The van der Waals surface area contributed by atoms with Crippen molar-refractivity contribution in [2.45, 2.75) is 6.42 Å². The van der Waals surface area contributed by atoms with Gasteiger partial charge >= 0.3 is 0 Å². The maximum Gasteiger partial charge on any atom is 0.231 e. The van der Waals surface area contributed by atoms with Gasteiger partial charge in [-0.2, -0.15) is 0 Å². The molecule has 5 heteroatoms. The van der Waals surface area contributed by atoms with E-state index in [2.05, 4.69) is 4.98 Å². The second kappa shape index (κ2) is 4.24. The zero-order chi connectivity index (χ0) is 13.6. The van der Waals surface area contributed by atoms with E-state index in [0.717, 1.165) is 22.4 Å². The molecule has 0 fully saturated rings. The molecule has 0 aliphatic carbocycles. The molecule has 0 saturated heterocycles. The Hall–Kier alpha value is -2.07. The first-order chi connectivity index (χ1) is 9.08. The number of aromatic nitrogens is 1. The Morgan fingerprint density at radius 2 is 2.16 bits per heavy atom. The third-order valence-electron chi connectivity index (χ3n) is 3.35. The molecule has 4 nitrogen and oxygen atoms in total. The minimum Gasteiger partial charge on any atom is -0.397 e. The average molecular weight is 274 g/mol. The fraction of sp³-hybridized carbons (Fsp3) is 0.143. The van der Waals surface area contributed by atoms with Gasteiger partial charge in [-0.1, -0.05) is 17.7 Å². The zero-order valence-corrected chi connectivity index (χ0v) is 11.1. The normalized spacial score (nSPS) is 13.8. The van der Waals surface area contributed by atoms with Crippen molar-refractivity contribution in [3.63, 3.8) is 0 Å². The minimum absolute atomic E-state index is 0.0553. The maximum atomic E-state index is 11.7. The number of likely N-dealkylation sites (N-methyl/N-ethyl adjacent to an activating group) is 1. The third-order valence-corrected chi connectivity index (χ3v) is 3.78. The summed E-state index contributed by atoms with van der Waals surface area (Å²) < 4.78 is 0. The van der Waals surface area contributed by atoms with Crippen molar-refractivity contribution < 1.29 is 4.79 Å². The van der Waals surface area contributed by atoms with Crippen LogP contribution in [0.1, 0.15) is 5.56 Å². The van der Waals surface area contributed by atoms with Gasteiger partial charge in [0.1, 0.15) is 0 Å². The number of hydrogen-bond donors (Lipinski definition) is 1. The predicted molar refractivity (Wildman–Crippen MR) is 76.2 cm³/mol. The first kappa shape index (κ1) is 12.0. The number of amides is 1. The molecule has 2 N–H and O–H groups in total. The van der Waals surface area contributed by atoms with E-state index in [0.29, 0.717) is 17.1 Å². The number of fused-ring (bicyclic) bond motifs is 1. The molecule has 2 aromatic rings. The zero-order valence-electron chi connectivity index (χ0n) is 10.4. The quantitative estimate of drug-likeness (QED) is 0.868. The van der Waals surface area contributed by atoms with Crippen molar-refractivity contribution in [2.24, 2.45) is 0 Å². The molecule has 0 radical (unpaired) electrons. The van der Waals surface area contributed by atoms with Gasteiger partial charge in [-0.3, -0.25) is 9.78 Å². The Morgan fingerprint density at radius 3 is 2.89 bits per heavy atom. The Balaban J connectivity index is 2.16. The summed E-state index contributed by atoms with van der Waals surface area (Å²) >= 11 is 6.42. The highest BCUT2D eigenvalue weighted by Gasteiger charge is 2.27. The predicted octanol–water partition coefficient (Wildman–Crippen LogP) is 2.50. The lowest BCUT2D eigenvalue weighted by Crippen LogP contribution is -2.20. The van der Waals surface area contributed by atoms with Crippen molar-refractivity contribution in [1.29, 1.82) is 0 Å². The number of hydrogen-bond acceptors (Lipinski definition) is 3. The molecule has 0 unspecified atom stereocenters. The molecule has 19 heavy (non-hydrogen) atoms. The summed E-state index contributed by atoms with van der Waals surface area (Å²) in [7, 11) is 1.76. The van der Waals surface area contributed by atoms with E-state index < -0.39 is 0 Å². The Labute approximate surface area is 115 Å². The topological polar surface area (TPSA) is 59.2 Å². The number of halogens is 1. The van der Waals surface area contributed by atoms with Crippen LogP contribution in [0.3, 0.4) is 0 Å². The minimum atomic E-state index is 0.0553. The number of nitrogen functional groups attached to an aromatic ring is 1. The Morgan fingerprint density at radius 1 is 1.37 bits per heavy atom. The van der Waals surface area contributed by atoms with Gasteiger partial charge in [0.2, 0.25) is 5.91 Å². The van der Waals surface area contributed by atoms with E-state index in [9.17, 15) is 4.79 Å². The number of pyridine rings is 1. The lowest BCUT2D eigenvalue weighted by Gasteiger charge is -2.12. The van der Waals surface area contributed by atoms with E-state index in [1.165, 1.54) is 0 Å². The van der Waals surface area contributed by atoms with E-state index >= 15 is 0 Å². The van der Waals surface area contributed by atoms with Crippen LogP contribution in [-0.2, 0) is 11.2 Å². The van der Waals surface area contributed by atoms with Gasteiger partial charge < -0.3 is 10.6 Å². The van der Waals surface area contributed by atoms with Gasteiger partial charge in [0.25, 0.3) is 0 Å². The fourth-order valence-corrected chi connectivity index (χ4v) is 2.66. The van der Waals surface area contributed by atoms with E-state index in [4.69, 9.17) is 17.3 Å². The lowest BCUT2D eigenvalue weighted by molar-refractivity contribution is -0.117. The van der Waals surface area contributed by atoms with E-state index in [1.54, 1.807) is 24.3 Å². The van der Waals surface area contributed by atoms with Crippen LogP contribution in [0.2, 0.25) is 5.02 Å². The molecule has 0 saturated carbocycles. The molecular weight excluding hydrogens is 262 g/mol. The van der Waals surface area contributed by atoms with Crippen molar-refractivity contribution >= 4 is 28.9 Å². The summed E-state index contributed by atoms with van der Waals surface area (Å²) in [5.74, 6) is 0.0553. The van der Waals surface area contributed by atoms with Crippen LogP contribution in [0, 0.1) is 0 Å². The standard InChI is InChI=1S/C14H12ClN3O/c1-18-12-3-2-10(8-4-9(16)7-17-6-8)14(15)11(12)5-13(18)19/h2-4,6-7H,5,16H2,1H3. The Kier molecular flexibility index (Phi) is 2.68. The number of nitrogens with two attached hydrogens (primary N) is 1. The van der Waals surface area contributed by atoms with Gasteiger partial charge in [-0.05, 0) is 12.1 Å². The van der Waals surface area contributed by atoms with Crippen LogP contribution in [0.5, 0.6) is 0 Å². The summed E-state index contributed by atoms with van der Waals surface area (Å²) in [5.41, 5.74) is 9.77. The van der Waals surface area contributed by atoms with Crippen LogP contribution in [0.25, 0.3) is 11.1 Å². The second-order valence-electron chi connectivity index (χ2n) is 4.56. The summed E-state index contributed by atoms with van der Waals surface area (Å²) in [6.07, 6.45) is 3.64. The molecule has 0 bridgehead atoms. The first-order valence-corrected chi connectivity index (χ1v) is 6.24. The number of carbonyl (C=O) groups is 1. The summed E-state index contributed by atoms with van der Waals surface area (Å²) in [4.78, 5) is 17.4. The second-order valence-corrected chi connectivity index (χ2v) is 4.94. The van der Waals surface area contributed by atoms with Gasteiger partial charge in [0, 0.05) is 41.8 Å². The first-order valence-electron chi connectivity index (χ1n) is 5.87. The van der Waals surface area contributed by atoms with Crippen molar-refractivity contribution in [3.8, 4) is 11.1 Å². The molecule has 1 aromatic heterocycles. The SMILES string of the molecule is CN1C(=O)Cc2c1ccc(-c1cncc(N)c1)c2Cl. The molecule has 1 aromatic carbocycles. The molecule has 2 heterocycles. The molecule has 1 aliphatic heterocycles. The Bertz CT molecular complexity index is 684. The number of carbonyl (C=O) groups excluding carboxylic acids is 1. The van der Waals surface area contributed by atoms with Gasteiger partial charge in [-0.15, -0.1) is 0 Å². The molecule has 3 rings (SSSR count). The molecule has 0 atom stereocenters. The van der Waals surface area contributed by atoms with Gasteiger partial charge in [-0.25, -0.2) is 0 Å². The van der Waals surface area contributed by atoms with Crippen LogP contribution in [-0.4, -0.2) is 17.9 Å². The third kappa shape index (κ3) is 1.85. The molecule has 96 valence electrons. The number of benzene rings is 1. The number of anilines is 2. The summed E-state index contributed by atoms with van der Waals surface area (Å²) in [6, 6.07) is 5.62. The molecular formula is C14H12ClN3O. The monoisotopic (exact) mass is 273 g/mol. The van der Waals surface area contributed by atoms with Crippen molar-refractivity contribution in [3.05, 3.63) is 41.2 Å². The number of rotatable bonds is 1. The summed E-state index contributed by atoms with van der Waals surface area (Å²) in [5, 5.41) is 0.600. The average Bonchev–Trinajstić information content (AvgIpc) is 2.67. The number of nitrogens with zero attached hydrogens (tertiary/aromatic N) is 2. The van der Waals surface area contributed by atoms with Crippen molar-refractivity contribution in [1.82, 2.24) is 4.98 Å². The highest BCUT2D eigenvalue weighted by Crippen LogP contribution is 2.39.